The van der Waals surface area contributed by atoms with Crippen molar-refractivity contribution in [2.24, 2.45) is 0 Å². The Labute approximate surface area is 148 Å². The maximum Gasteiger partial charge on any atom is 0.446 e. The lowest BCUT2D eigenvalue weighted by Crippen LogP contribution is -2.16. The van der Waals surface area contributed by atoms with E-state index >= 15 is 0 Å². The molecule has 25 heavy (non-hydrogen) atoms. The van der Waals surface area contributed by atoms with Crippen molar-refractivity contribution in [2.75, 3.05) is 0 Å². The summed E-state index contributed by atoms with van der Waals surface area (Å²) in [6.07, 6.45) is 0. The Morgan fingerprint density at radius 3 is 2.52 bits per heavy atom. The molecule has 0 N–H and O–H groups in total. The molecular weight excluding hydrogens is 338 g/mol. The van der Waals surface area contributed by atoms with Gasteiger partial charge in [-0.1, -0.05) is 53.2 Å². The first-order chi connectivity index (χ1) is 12.1. The summed E-state index contributed by atoms with van der Waals surface area (Å²) >= 11 is 6.38. The van der Waals surface area contributed by atoms with Crippen LogP contribution >= 0.6 is 11.6 Å². The van der Waals surface area contributed by atoms with Gasteiger partial charge in [0.25, 0.3) is 0 Å². The molecule has 6 heteroatoms. The molecule has 0 bridgehead atoms. The van der Waals surface area contributed by atoms with Crippen molar-refractivity contribution in [3.63, 3.8) is 0 Å². The lowest BCUT2D eigenvalue weighted by atomic mass is 10.1. The third-order valence-corrected chi connectivity index (χ3v) is 4.47. The van der Waals surface area contributed by atoms with Crippen molar-refractivity contribution in [3.8, 4) is 17.1 Å². The zero-order chi connectivity index (χ0) is 17.6. The maximum absolute atomic E-state index is 12.4. The molecule has 0 aliphatic carbocycles. The summed E-state index contributed by atoms with van der Waals surface area (Å²) in [5.74, 6) is -0.220. The highest BCUT2D eigenvalue weighted by Crippen LogP contribution is 2.30. The summed E-state index contributed by atoms with van der Waals surface area (Å²) in [7, 11) is 0. The molecule has 0 aliphatic rings. The second kappa shape index (κ2) is 5.86. The van der Waals surface area contributed by atoms with Gasteiger partial charge in [0, 0.05) is 5.39 Å². The molecule has 2 aromatic carbocycles. The van der Waals surface area contributed by atoms with Gasteiger partial charge < -0.3 is 0 Å². The van der Waals surface area contributed by atoms with E-state index in [1.165, 1.54) is 4.57 Å². The van der Waals surface area contributed by atoms with Crippen LogP contribution < -0.4 is 5.76 Å². The first kappa shape index (κ1) is 15.6. The number of hydrogen-bond donors (Lipinski definition) is 0. The average Bonchev–Trinajstić information content (AvgIpc) is 2.95. The molecule has 0 saturated carbocycles. The van der Waals surface area contributed by atoms with Gasteiger partial charge in [-0.05, 0) is 37.1 Å². The first-order valence-electron chi connectivity index (χ1n) is 7.77. The van der Waals surface area contributed by atoms with E-state index in [0.29, 0.717) is 11.4 Å². The van der Waals surface area contributed by atoms with Gasteiger partial charge >= 0.3 is 5.76 Å². The molecular formula is C19H14ClN3O2. The van der Waals surface area contributed by atoms with Gasteiger partial charge in [0.05, 0.1) is 16.8 Å². The molecule has 2 heterocycles. The number of aromatic nitrogens is 3. The maximum atomic E-state index is 12.4. The molecule has 0 atom stereocenters. The van der Waals surface area contributed by atoms with Crippen LogP contribution in [0.1, 0.15) is 11.1 Å². The molecule has 5 nitrogen and oxygen atoms in total. The van der Waals surface area contributed by atoms with E-state index in [9.17, 15) is 4.79 Å². The number of hydrogen-bond acceptors (Lipinski definition) is 4. The van der Waals surface area contributed by atoms with Gasteiger partial charge in [-0.3, -0.25) is 4.52 Å². The van der Waals surface area contributed by atoms with Gasteiger partial charge in [-0.15, -0.1) is 0 Å². The Morgan fingerprint density at radius 1 is 1.04 bits per heavy atom. The second-order valence-electron chi connectivity index (χ2n) is 5.87. The summed E-state index contributed by atoms with van der Waals surface area (Å²) in [6, 6.07) is 15.3. The molecule has 4 rings (SSSR count). The highest BCUT2D eigenvalue weighted by atomic mass is 35.5. The van der Waals surface area contributed by atoms with Crippen LogP contribution in [-0.2, 0) is 0 Å². The fourth-order valence-electron chi connectivity index (χ4n) is 3.02. The molecule has 0 spiro atoms. The Bertz CT molecular complexity index is 1140. The summed E-state index contributed by atoms with van der Waals surface area (Å²) < 4.78 is 6.40. The van der Waals surface area contributed by atoms with E-state index in [0.717, 1.165) is 27.7 Å². The molecule has 0 aliphatic heterocycles. The molecule has 0 unspecified atom stereocenters. The number of rotatable bonds is 2. The van der Waals surface area contributed by atoms with E-state index in [1.54, 1.807) is 0 Å². The molecule has 2 aromatic heterocycles. The fourth-order valence-corrected chi connectivity index (χ4v) is 3.25. The third-order valence-electron chi connectivity index (χ3n) is 4.19. The van der Waals surface area contributed by atoms with Gasteiger partial charge in [0.1, 0.15) is 5.15 Å². The highest BCUT2D eigenvalue weighted by Gasteiger charge is 2.20. The van der Waals surface area contributed by atoms with Crippen molar-refractivity contribution in [1.82, 2.24) is 14.7 Å². The minimum atomic E-state index is -0.559. The predicted molar refractivity (Wildman–Crippen MR) is 97.3 cm³/mol. The number of pyridine rings is 1. The Morgan fingerprint density at radius 2 is 1.76 bits per heavy atom. The van der Waals surface area contributed by atoms with Crippen LogP contribution in [0.15, 0.2) is 57.8 Å². The van der Waals surface area contributed by atoms with Gasteiger partial charge in [-0.25, -0.2) is 14.3 Å². The van der Waals surface area contributed by atoms with Crippen LogP contribution in [0.2, 0.25) is 5.15 Å². The van der Waals surface area contributed by atoms with Crippen molar-refractivity contribution >= 4 is 22.5 Å². The van der Waals surface area contributed by atoms with Crippen LogP contribution in [0.4, 0.5) is 0 Å². The van der Waals surface area contributed by atoms with Crippen molar-refractivity contribution in [3.05, 3.63) is 75.4 Å². The lowest BCUT2D eigenvalue weighted by molar-refractivity contribution is 0.383. The first-order valence-corrected chi connectivity index (χ1v) is 8.15. The topological polar surface area (TPSA) is 60.9 Å². The minimum Gasteiger partial charge on any atom is -0.295 e. The molecule has 0 radical (unpaired) electrons. The van der Waals surface area contributed by atoms with Crippen molar-refractivity contribution < 1.29 is 4.52 Å². The summed E-state index contributed by atoms with van der Waals surface area (Å²) in [4.78, 5) is 16.8. The number of halogens is 1. The minimum absolute atomic E-state index is 0.270. The second-order valence-corrected chi connectivity index (χ2v) is 6.23. The van der Waals surface area contributed by atoms with Crippen LogP contribution in [-0.4, -0.2) is 14.7 Å². The van der Waals surface area contributed by atoms with E-state index in [2.05, 4.69) is 10.1 Å². The Kier molecular flexibility index (Phi) is 3.66. The monoisotopic (exact) mass is 351 g/mol. The molecule has 0 saturated heterocycles. The van der Waals surface area contributed by atoms with Crippen LogP contribution in [0.5, 0.6) is 0 Å². The smallest absolute Gasteiger partial charge is 0.295 e. The largest absolute Gasteiger partial charge is 0.446 e. The van der Waals surface area contributed by atoms with Gasteiger partial charge in [0.2, 0.25) is 0 Å². The van der Waals surface area contributed by atoms with Gasteiger partial charge in [-0.2, -0.15) is 0 Å². The number of aryl methyl sites for hydroxylation is 2. The highest BCUT2D eigenvalue weighted by molar-refractivity contribution is 6.32. The zero-order valence-electron chi connectivity index (χ0n) is 13.7. The number of benzene rings is 2. The standard InChI is InChI=1S/C19H14ClN3O2/c1-11-6-5-7-12(2)16(11)23-18(22-25-19(23)24)14-10-13-8-3-4-9-15(13)21-17(14)20/h3-10H,1-2H3. The van der Waals surface area contributed by atoms with Crippen LogP contribution in [0.3, 0.4) is 0 Å². The summed E-state index contributed by atoms with van der Waals surface area (Å²) in [6.45, 7) is 3.87. The van der Waals surface area contributed by atoms with Crippen LogP contribution in [0, 0.1) is 13.8 Å². The zero-order valence-corrected chi connectivity index (χ0v) is 14.4. The SMILES string of the molecule is Cc1cccc(C)c1-n1c(-c2cc3ccccc3nc2Cl)noc1=O. The number of para-hydroxylation sites is 2. The van der Waals surface area contributed by atoms with Crippen LogP contribution in [0.25, 0.3) is 28.0 Å². The number of fused-ring (bicyclic) bond motifs is 1. The quantitative estimate of drug-likeness (QED) is 0.505. The van der Waals surface area contributed by atoms with Gasteiger partial charge in [0.15, 0.2) is 5.82 Å². The van der Waals surface area contributed by atoms with E-state index in [4.69, 9.17) is 16.1 Å². The van der Waals surface area contributed by atoms with Crippen molar-refractivity contribution in [2.45, 2.75) is 13.8 Å². The fraction of sp³-hybridized carbons (Fsp3) is 0.105. The van der Waals surface area contributed by atoms with Crippen molar-refractivity contribution in [1.29, 1.82) is 0 Å². The van der Waals surface area contributed by atoms with E-state index in [-0.39, 0.29) is 5.15 Å². The third kappa shape index (κ3) is 2.53. The summed E-state index contributed by atoms with van der Waals surface area (Å²) in [5.41, 5.74) is 3.95. The normalized spacial score (nSPS) is 11.2. The molecule has 0 amide bonds. The lowest BCUT2D eigenvalue weighted by Gasteiger charge is -2.12. The molecule has 124 valence electrons. The Hall–Kier alpha value is -2.92. The van der Waals surface area contributed by atoms with E-state index < -0.39 is 5.76 Å². The Balaban J connectivity index is 2.03. The predicted octanol–water partition coefficient (Wildman–Crippen LogP) is 4.31. The number of nitrogens with zero attached hydrogens (tertiary/aromatic N) is 3. The van der Waals surface area contributed by atoms with E-state index in [1.807, 2.05) is 62.4 Å². The summed E-state index contributed by atoms with van der Waals surface area (Å²) in [5, 5.41) is 5.14. The average molecular weight is 352 g/mol. The molecule has 0 fully saturated rings. The molecule has 4 aromatic rings.